The van der Waals surface area contributed by atoms with Crippen LogP contribution < -0.4 is 4.72 Å². The van der Waals surface area contributed by atoms with Crippen molar-refractivity contribution in [2.45, 2.75) is 4.90 Å². The third-order valence-corrected chi connectivity index (χ3v) is 7.18. The van der Waals surface area contributed by atoms with Crippen LogP contribution in [0.5, 0.6) is 0 Å². The van der Waals surface area contributed by atoms with Gasteiger partial charge in [-0.05, 0) is 25.2 Å². The van der Waals surface area contributed by atoms with Gasteiger partial charge in [-0.1, -0.05) is 17.7 Å². The minimum Gasteiger partial charge on any atom is -0.304 e. The van der Waals surface area contributed by atoms with Crippen molar-refractivity contribution in [3.8, 4) is 0 Å². The number of halogens is 1. The first-order valence-corrected chi connectivity index (χ1v) is 10.6. The van der Waals surface area contributed by atoms with Crippen LogP contribution in [0.4, 0.5) is 0 Å². The van der Waals surface area contributed by atoms with Gasteiger partial charge in [-0.15, -0.1) is 0 Å². The molecule has 0 saturated carbocycles. The van der Waals surface area contributed by atoms with Crippen molar-refractivity contribution in [1.29, 1.82) is 0 Å². The molecule has 1 fully saturated rings. The number of benzene rings is 1. The fourth-order valence-electron chi connectivity index (χ4n) is 2.22. The standard InChI is InChI=1S/C13H20ClN3O4S2/c1-16-6-8-17(9-7-16)22(18,19)10-5-15-23(20,21)13-4-2-3-12(14)11-13/h2-4,11,15H,5-10H2,1H3. The molecule has 1 aliphatic heterocycles. The van der Waals surface area contributed by atoms with Gasteiger partial charge in [0.25, 0.3) is 0 Å². The fraction of sp³-hybridized carbons (Fsp3) is 0.538. The van der Waals surface area contributed by atoms with Crippen LogP contribution in [0.25, 0.3) is 0 Å². The summed E-state index contributed by atoms with van der Waals surface area (Å²) in [6, 6.07) is 5.82. The summed E-state index contributed by atoms with van der Waals surface area (Å²) in [5.74, 6) is -0.267. The zero-order valence-corrected chi connectivity index (χ0v) is 15.2. The highest BCUT2D eigenvalue weighted by molar-refractivity contribution is 7.90. The molecule has 0 spiro atoms. The van der Waals surface area contributed by atoms with E-state index in [1.807, 2.05) is 11.9 Å². The van der Waals surface area contributed by atoms with Crippen LogP contribution >= 0.6 is 11.6 Å². The van der Waals surface area contributed by atoms with Crippen LogP contribution in [0.15, 0.2) is 29.2 Å². The molecule has 23 heavy (non-hydrogen) atoms. The van der Waals surface area contributed by atoms with Crippen molar-refractivity contribution in [3.63, 3.8) is 0 Å². The van der Waals surface area contributed by atoms with Crippen molar-refractivity contribution in [3.05, 3.63) is 29.3 Å². The van der Waals surface area contributed by atoms with E-state index in [0.29, 0.717) is 31.2 Å². The Labute approximate surface area is 142 Å². The van der Waals surface area contributed by atoms with Gasteiger partial charge in [0.1, 0.15) is 0 Å². The Hall–Kier alpha value is -0.710. The summed E-state index contributed by atoms with van der Waals surface area (Å²) in [5, 5.41) is 0.304. The Morgan fingerprint density at radius 2 is 1.78 bits per heavy atom. The normalized spacial score (nSPS) is 18.2. The maximum Gasteiger partial charge on any atom is 0.240 e. The van der Waals surface area contributed by atoms with Crippen LogP contribution in [0.1, 0.15) is 0 Å². The van der Waals surface area contributed by atoms with Crippen LogP contribution in [-0.4, -0.2) is 71.6 Å². The van der Waals surface area contributed by atoms with E-state index in [1.165, 1.54) is 22.5 Å². The van der Waals surface area contributed by atoms with E-state index in [9.17, 15) is 16.8 Å². The molecule has 130 valence electrons. The van der Waals surface area contributed by atoms with Gasteiger partial charge in [0.05, 0.1) is 10.6 Å². The maximum absolute atomic E-state index is 12.2. The van der Waals surface area contributed by atoms with Crippen molar-refractivity contribution >= 4 is 31.6 Å². The van der Waals surface area contributed by atoms with E-state index in [0.717, 1.165) is 0 Å². The van der Waals surface area contributed by atoms with Gasteiger partial charge < -0.3 is 4.90 Å². The number of piperazine rings is 1. The van der Waals surface area contributed by atoms with Crippen LogP contribution in [0.2, 0.25) is 5.02 Å². The Morgan fingerprint density at radius 3 is 2.39 bits per heavy atom. The first-order valence-electron chi connectivity index (χ1n) is 7.12. The number of hydrogen-bond acceptors (Lipinski definition) is 5. The lowest BCUT2D eigenvalue weighted by Crippen LogP contribution is -2.48. The maximum atomic E-state index is 12.2. The zero-order valence-electron chi connectivity index (χ0n) is 12.8. The molecule has 1 aromatic carbocycles. The van der Waals surface area contributed by atoms with E-state index in [-0.39, 0.29) is 17.2 Å². The zero-order chi connectivity index (χ0) is 17.1. The van der Waals surface area contributed by atoms with E-state index in [1.54, 1.807) is 6.07 Å². The summed E-state index contributed by atoms with van der Waals surface area (Å²) < 4.78 is 52.4. The number of likely N-dealkylation sites (N-methyl/N-ethyl adjacent to an activating group) is 1. The minimum absolute atomic E-state index is 0.0157. The highest BCUT2D eigenvalue weighted by atomic mass is 35.5. The molecule has 1 saturated heterocycles. The monoisotopic (exact) mass is 381 g/mol. The average molecular weight is 382 g/mol. The first kappa shape index (κ1) is 18.6. The lowest BCUT2D eigenvalue weighted by atomic mass is 10.4. The van der Waals surface area contributed by atoms with Crippen LogP contribution in [-0.2, 0) is 20.0 Å². The second-order valence-corrected chi connectivity index (χ2v) is 9.67. The van der Waals surface area contributed by atoms with Gasteiger partial charge in [-0.3, -0.25) is 0 Å². The molecule has 0 unspecified atom stereocenters. The van der Waals surface area contributed by atoms with Crippen LogP contribution in [0.3, 0.4) is 0 Å². The molecule has 0 aliphatic carbocycles. The second kappa shape index (κ2) is 7.45. The number of rotatable bonds is 6. The third-order valence-electron chi connectivity index (χ3n) is 3.61. The van der Waals surface area contributed by atoms with Gasteiger partial charge in [0.15, 0.2) is 0 Å². The lowest BCUT2D eigenvalue weighted by Gasteiger charge is -2.31. The molecule has 0 atom stereocenters. The summed E-state index contributed by atoms with van der Waals surface area (Å²) in [6.45, 7) is 2.03. The number of sulfonamides is 2. The molecule has 1 heterocycles. The fourth-order valence-corrected chi connectivity index (χ4v) is 5.02. The van der Waals surface area contributed by atoms with Gasteiger partial charge in [0, 0.05) is 37.7 Å². The number of nitrogens with one attached hydrogen (secondary N) is 1. The Kier molecular flexibility index (Phi) is 6.04. The molecular weight excluding hydrogens is 362 g/mol. The van der Waals surface area contributed by atoms with Crippen molar-refractivity contribution < 1.29 is 16.8 Å². The summed E-state index contributed by atoms with van der Waals surface area (Å²) in [6.07, 6.45) is 0. The Morgan fingerprint density at radius 1 is 1.13 bits per heavy atom. The molecule has 0 aromatic heterocycles. The summed E-state index contributed by atoms with van der Waals surface area (Å²) in [7, 11) is -5.30. The Balaban J connectivity index is 1.93. The van der Waals surface area contributed by atoms with Crippen LogP contribution in [0, 0.1) is 0 Å². The lowest BCUT2D eigenvalue weighted by molar-refractivity contribution is 0.222. The third kappa shape index (κ3) is 5.13. The van der Waals surface area contributed by atoms with Gasteiger partial charge in [-0.2, -0.15) is 4.31 Å². The molecule has 1 aromatic rings. The predicted molar refractivity (Wildman–Crippen MR) is 89.5 cm³/mol. The van der Waals surface area contributed by atoms with Crippen molar-refractivity contribution in [1.82, 2.24) is 13.9 Å². The largest absolute Gasteiger partial charge is 0.304 e. The SMILES string of the molecule is CN1CCN(S(=O)(=O)CCNS(=O)(=O)c2cccc(Cl)c2)CC1. The molecule has 1 aliphatic rings. The number of nitrogens with zero attached hydrogens (tertiary/aromatic N) is 2. The molecular formula is C13H20ClN3O4S2. The van der Waals surface area contributed by atoms with Gasteiger partial charge in [0.2, 0.25) is 20.0 Å². The molecule has 7 nitrogen and oxygen atoms in total. The van der Waals surface area contributed by atoms with E-state index < -0.39 is 20.0 Å². The van der Waals surface area contributed by atoms with E-state index in [2.05, 4.69) is 4.72 Å². The predicted octanol–water partition coefficient (Wildman–Crippen LogP) is 0.196. The smallest absolute Gasteiger partial charge is 0.240 e. The van der Waals surface area contributed by atoms with Gasteiger partial charge >= 0.3 is 0 Å². The molecule has 0 amide bonds. The van der Waals surface area contributed by atoms with Crippen molar-refractivity contribution in [2.24, 2.45) is 0 Å². The summed E-state index contributed by atoms with van der Waals surface area (Å²) in [4.78, 5) is 2.07. The summed E-state index contributed by atoms with van der Waals surface area (Å²) in [5.41, 5.74) is 0. The molecule has 2 rings (SSSR count). The van der Waals surface area contributed by atoms with Gasteiger partial charge in [-0.25, -0.2) is 21.6 Å². The van der Waals surface area contributed by atoms with Crippen molar-refractivity contribution in [2.75, 3.05) is 45.5 Å². The van der Waals surface area contributed by atoms with E-state index >= 15 is 0 Å². The topological polar surface area (TPSA) is 86.8 Å². The number of hydrogen-bond donors (Lipinski definition) is 1. The Bertz CT molecular complexity index is 744. The first-order chi connectivity index (χ1) is 10.7. The molecule has 1 N–H and O–H groups in total. The molecule has 0 bridgehead atoms. The summed E-state index contributed by atoms with van der Waals surface area (Å²) >= 11 is 5.77. The molecule has 0 radical (unpaired) electrons. The second-order valence-electron chi connectivity index (χ2n) is 5.37. The quantitative estimate of drug-likeness (QED) is 0.760. The highest BCUT2D eigenvalue weighted by Crippen LogP contribution is 2.15. The van der Waals surface area contributed by atoms with E-state index in [4.69, 9.17) is 11.6 Å². The average Bonchev–Trinajstić information content (AvgIpc) is 2.47. The minimum atomic E-state index is -3.77. The highest BCUT2D eigenvalue weighted by Gasteiger charge is 2.26. The molecule has 10 heteroatoms.